The van der Waals surface area contributed by atoms with Crippen molar-refractivity contribution in [2.24, 2.45) is 0 Å². The van der Waals surface area contributed by atoms with E-state index in [2.05, 4.69) is 60.9 Å². The highest BCUT2D eigenvalue weighted by Crippen LogP contribution is 2.39. The standard InChI is InChI=1S/C11H15IOS/c1-11(2,14-4)9-6-5-8(12)7-10(9)13-3/h5-7H,1-4H3. The molecule has 0 bridgehead atoms. The Morgan fingerprint density at radius 3 is 2.50 bits per heavy atom. The molecule has 1 rings (SSSR count). The topological polar surface area (TPSA) is 9.23 Å². The molecular formula is C11H15IOS. The third-order valence-electron chi connectivity index (χ3n) is 2.32. The van der Waals surface area contributed by atoms with Gasteiger partial charge in [0.1, 0.15) is 5.75 Å². The van der Waals surface area contributed by atoms with Crippen LogP contribution in [0.1, 0.15) is 19.4 Å². The summed E-state index contributed by atoms with van der Waals surface area (Å²) >= 11 is 4.13. The Balaban J connectivity index is 3.20. The number of hydrogen-bond acceptors (Lipinski definition) is 2. The van der Waals surface area contributed by atoms with Gasteiger partial charge in [-0.25, -0.2) is 0 Å². The molecular weight excluding hydrogens is 307 g/mol. The summed E-state index contributed by atoms with van der Waals surface area (Å²) in [5.74, 6) is 0.983. The Labute approximate surface area is 104 Å². The predicted molar refractivity (Wildman–Crippen MR) is 72.3 cm³/mol. The van der Waals surface area contributed by atoms with Crippen LogP contribution in [0.15, 0.2) is 18.2 Å². The van der Waals surface area contributed by atoms with Crippen molar-refractivity contribution >= 4 is 34.4 Å². The molecule has 0 saturated heterocycles. The number of halogens is 1. The Hall–Kier alpha value is 0.1000. The summed E-state index contributed by atoms with van der Waals surface area (Å²) in [5, 5.41) is 0. The van der Waals surface area contributed by atoms with Gasteiger partial charge in [0.2, 0.25) is 0 Å². The van der Waals surface area contributed by atoms with Gasteiger partial charge in [0, 0.05) is 13.9 Å². The van der Waals surface area contributed by atoms with Crippen LogP contribution in [0.25, 0.3) is 0 Å². The maximum Gasteiger partial charge on any atom is 0.124 e. The molecule has 0 aliphatic heterocycles. The Bertz CT molecular complexity index is 323. The van der Waals surface area contributed by atoms with E-state index in [-0.39, 0.29) is 4.75 Å². The number of thioether (sulfide) groups is 1. The van der Waals surface area contributed by atoms with Crippen molar-refractivity contribution in [3.05, 3.63) is 27.3 Å². The fourth-order valence-electron chi connectivity index (χ4n) is 1.27. The zero-order valence-corrected chi connectivity index (χ0v) is 11.9. The van der Waals surface area contributed by atoms with Gasteiger partial charge >= 0.3 is 0 Å². The molecule has 3 heteroatoms. The molecule has 0 heterocycles. The number of hydrogen-bond donors (Lipinski definition) is 0. The fraction of sp³-hybridized carbons (Fsp3) is 0.455. The van der Waals surface area contributed by atoms with Crippen molar-refractivity contribution in [1.82, 2.24) is 0 Å². The minimum absolute atomic E-state index is 0.107. The monoisotopic (exact) mass is 322 g/mol. The zero-order valence-electron chi connectivity index (χ0n) is 8.93. The average molecular weight is 322 g/mol. The van der Waals surface area contributed by atoms with Gasteiger partial charge in [-0.15, -0.1) is 0 Å². The Kier molecular flexibility index (Phi) is 4.13. The first kappa shape index (κ1) is 12.2. The van der Waals surface area contributed by atoms with Crippen LogP contribution in [0.2, 0.25) is 0 Å². The molecule has 78 valence electrons. The van der Waals surface area contributed by atoms with Crippen LogP contribution in [-0.2, 0) is 4.75 Å². The third-order valence-corrected chi connectivity index (χ3v) is 4.23. The van der Waals surface area contributed by atoms with E-state index in [0.717, 1.165) is 5.75 Å². The molecule has 0 radical (unpaired) electrons. The van der Waals surface area contributed by atoms with E-state index in [0.29, 0.717) is 0 Å². The molecule has 0 amide bonds. The largest absolute Gasteiger partial charge is 0.496 e. The van der Waals surface area contributed by atoms with E-state index in [9.17, 15) is 0 Å². The van der Waals surface area contributed by atoms with Crippen molar-refractivity contribution in [2.75, 3.05) is 13.4 Å². The van der Waals surface area contributed by atoms with Crippen LogP contribution >= 0.6 is 34.4 Å². The number of ether oxygens (including phenoxy) is 1. The molecule has 0 unspecified atom stereocenters. The van der Waals surface area contributed by atoms with Crippen LogP contribution < -0.4 is 4.74 Å². The van der Waals surface area contributed by atoms with Crippen LogP contribution in [0.3, 0.4) is 0 Å². The Morgan fingerprint density at radius 2 is 2.00 bits per heavy atom. The third kappa shape index (κ3) is 2.57. The second-order valence-corrected chi connectivity index (χ2v) is 6.23. The van der Waals surface area contributed by atoms with Crippen LogP contribution in [-0.4, -0.2) is 13.4 Å². The second-order valence-electron chi connectivity index (χ2n) is 3.56. The molecule has 0 aromatic heterocycles. The highest BCUT2D eigenvalue weighted by Gasteiger charge is 2.22. The summed E-state index contributed by atoms with van der Waals surface area (Å²) in [7, 11) is 1.73. The van der Waals surface area contributed by atoms with E-state index in [1.165, 1.54) is 9.13 Å². The molecule has 1 nitrogen and oxygen atoms in total. The first-order valence-electron chi connectivity index (χ1n) is 4.40. The summed E-state index contributed by atoms with van der Waals surface area (Å²) in [5.41, 5.74) is 1.26. The zero-order chi connectivity index (χ0) is 10.8. The Morgan fingerprint density at radius 1 is 1.36 bits per heavy atom. The van der Waals surface area contributed by atoms with Gasteiger partial charge < -0.3 is 4.74 Å². The van der Waals surface area contributed by atoms with E-state index < -0.39 is 0 Å². The van der Waals surface area contributed by atoms with Gasteiger partial charge in [-0.2, -0.15) is 11.8 Å². The summed E-state index contributed by atoms with van der Waals surface area (Å²) in [4.78, 5) is 0. The highest BCUT2D eigenvalue weighted by molar-refractivity contribution is 14.1. The van der Waals surface area contributed by atoms with Gasteiger partial charge in [0.15, 0.2) is 0 Å². The van der Waals surface area contributed by atoms with Crippen LogP contribution in [0, 0.1) is 3.57 Å². The lowest BCUT2D eigenvalue weighted by molar-refractivity contribution is 0.405. The lowest BCUT2D eigenvalue weighted by Crippen LogP contribution is -2.12. The minimum atomic E-state index is 0.107. The van der Waals surface area contributed by atoms with Gasteiger partial charge in [0.25, 0.3) is 0 Å². The maximum atomic E-state index is 5.40. The van der Waals surface area contributed by atoms with Crippen LogP contribution in [0.5, 0.6) is 5.75 Å². The average Bonchev–Trinajstić information content (AvgIpc) is 2.17. The van der Waals surface area contributed by atoms with Crippen molar-refractivity contribution < 1.29 is 4.74 Å². The van der Waals surface area contributed by atoms with Gasteiger partial charge in [0.05, 0.1) is 7.11 Å². The van der Waals surface area contributed by atoms with Crippen molar-refractivity contribution in [1.29, 1.82) is 0 Å². The SMILES string of the molecule is COc1cc(I)ccc1C(C)(C)SC. The number of rotatable bonds is 3. The molecule has 0 fully saturated rings. The maximum absolute atomic E-state index is 5.40. The molecule has 14 heavy (non-hydrogen) atoms. The summed E-state index contributed by atoms with van der Waals surface area (Å²) in [6, 6.07) is 6.35. The van der Waals surface area contributed by atoms with E-state index in [4.69, 9.17) is 4.74 Å². The number of methoxy groups -OCH3 is 1. The lowest BCUT2D eigenvalue weighted by atomic mass is 10.0. The molecule has 0 aliphatic carbocycles. The number of benzene rings is 1. The smallest absolute Gasteiger partial charge is 0.124 e. The minimum Gasteiger partial charge on any atom is -0.496 e. The van der Waals surface area contributed by atoms with Gasteiger partial charge in [-0.1, -0.05) is 6.07 Å². The lowest BCUT2D eigenvalue weighted by Gasteiger charge is -2.24. The van der Waals surface area contributed by atoms with Crippen molar-refractivity contribution in [3.63, 3.8) is 0 Å². The van der Waals surface area contributed by atoms with Gasteiger partial charge in [-0.05, 0) is 54.8 Å². The van der Waals surface area contributed by atoms with Gasteiger partial charge in [-0.3, -0.25) is 0 Å². The molecule has 0 atom stereocenters. The molecule has 1 aromatic carbocycles. The van der Waals surface area contributed by atoms with Crippen molar-refractivity contribution in [2.45, 2.75) is 18.6 Å². The van der Waals surface area contributed by atoms with Crippen LogP contribution in [0.4, 0.5) is 0 Å². The molecule has 0 saturated carbocycles. The fourth-order valence-corrected chi connectivity index (χ4v) is 2.12. The summed E-state index contributed by atoms with van der Waals surface area (Å²) in [6.07, 6.45) is 2.12. The first-order chi connectivity index (χ1) is 6.51. The second kappa shape index (κ2) is 4.75. The molecule has 0 spiro atoms. The normalized spacial score (nSPS) is 11.5. The first-order valence-corrected chi connectivity index (χ1v) is 6.71. The highest BCUT2D eigenvalue weighted by atomic mass is 127. The predicted octanol–water partition coefficient (Wildman–Crippen LogP) is 3.90. The summed E-state index contributed by atoms with van der Waals surface area (Å²) < 4.78 is 6.71. The quantitative estimate of drug-likeness (QED) is 0.781. The molecule has 1 aromatic rings. The van der Waals surface area contributed by atoms with Crippen molar-refractivity contribution in [3.8, 4) is 5.75 Å². The van der Waals surface area contributed by atoms with E-state index >= 15 is 0 Å². The summed E-state index contributed by atoms with van der Waals surface area (Å²) in [6.45, 7) is 4.42. The van der Waals surface area contributed by atoms with E-state index in [1.54, 1.807) is 7.11 Å². The molecule has 0 aliphatic rings. The van der Waals surface area contributed by atoms with E-state index in [1.807, 2.05) is 11.8 Å². The molecule has 0 N–H and O–H groups in total.